The van der Waals surface area contributed by atoms with Crippen LogP contribution in [0.15, 0.2) is 42.9 Å². The number of hydrogen-bond acceptors (Lipinski definition) is 3. The van der Waals surface area contributed by atoms with Gasteiger partial charge in [0.2, 0.25) is 5.88 Å². The monoisotopic (exact) mass is 262 g/mol. The number of aryl methyl sites for hydroxylation is 1. The van der Waals surface area contributed by atoms with E-state index < -0.39 is 0 Å². The Balaban J connectivity index is 1.72. The van der Waals surface area contributed by atoms with Crippen LogP contribution in [0.4, 0.5) is 0 Å². The van der Waals surface area contributed by atoms with Crippen molar-refractivity contribution in [2.75, 3.05) is 6.61 Å². The van der Waals surface area contributed by atoms with E-state index >= 15 is 0 Å². The summed E-state index contributed by atoms with van der Waals surface area (Å²) in [5.41, 5.74) is 2.28. The standard InChI is InChI=1S/C14H15ClN2O/c15-10-13-3-4-14(17-11-13)18-9-1-2-12-5-7-16-8-6-12/h3-8,11H,1-2,9-10H2. The van der Waals surface area contributed by atoms with Crippen LogP contribution >= 0.6 is 11.6 Å². The van der Waals surface area contributed by atoms with Crippen molar-refractivity contribution in [3.63, 3.8) is 0 Å². The molecule has 2 aromatic heterocycles. The maximum absolute atomic E-state index is 5.69. The average Bonchev–Trinajstić information content (AvgIpc) is 2.45. The third kappa shape index (κ3) is 4.00. The molecule has 3 nitrogen and oxygen atoms in total. The topological polar surface area (TPSA) is 35.0 Å². The highest BCUT2D eigenvalue weighted by Crippen LogP contribution is 2.10. The van der Waals surface area contributed by atoms with Crippen LogP contribution in [0.2, 0.25) is 0 Å². The lowest BCUT2D eigenvalue weighted by Crippen LogP contribution is -2.01. The fourth-order valence-electron chi connectivity index (χ4n) is 1.58. The Kier molecular flexibility index (Phi) is 4.97. The van der Waals surface area contributed by atoms with Gasteiger partial charge >= 0.3 is 0 Å². The van der Waals surface area contributed by atoms with Crippen molar-refractivity contribution in [1.82, 2.24) is 9.97 Å². The van der Waals surface area contributed by atoms with Gasteiger partial charge in [-0.05, 0) is 36.1 Å². The molecule has 0 bridgehead atoms. The Morgan fingerprint density at radius 3 is 2.56 bits per heavy atom. The van der Waals surface area contributed by atoms with E-state index in [4.69, 9.17) is 16.3 Å². The van der Waals surface area contributed by atoms with E-state index in [0.29, 0.717) is 18.4 Å². The van der Waals surface area contributed by atoms with Gasteiger partial charge in [0.05, 0.1) is 6.61 Å². The molecule has 0 saturated carbocycles. The minimum Gasteiger partial charge on any atom is -0.478 e. The lowest BCUT2D eigenvalue weighted by molar-refractivity contribution is 0.299. The molecule has 4 heteroatoms. The summed E-state index contributed by atoms with van der Waals surface area (Å²) >= 11 is 5.69. The van der Waals surface area contributed by atoms with E-state index in [2.05, 4.69) is 9.97 Å². The normalized spacial score (nSPS) is 10.3. The zero-order valence-corrected chi connectivity index (χ0v) is 10.8. The quantitative estimate of drug-likeness (QED) is 0.592. The Bertz CT molecular complexity index is 459. The van der Waals surface area contributed by atoms with Crippen molar-refractivity contribution < 1.29 is 4.74 Å². The molecule has 0 atom stereocenters. The summed E-state index contributed by atoms with van der Waals surface area (Å²) in [7, 11) is 0. The van der Waals surface area contributed by atoms with Gasteiger partial charge in [0, 0.05) is 30.5 Å². The molecular weight excluding hydrogens is 248 g/mol. The molecule has 2 heterocycles. The summed E-state index contributed by atoms with van der Waals surface area (Å²) < 4.78 is 5.56. The number of nitrogens with zero attached hydrogens (tertiary/aromatic N) is 2. The summed E-state index contributed by atoms with van der Waals surface area (Å²) in [5.74, 6) is 1.13. The SMILES string of the molecule is ClCc1ccc(OCCCc2ccncc2)nc1. The number of halogens is 1. The predicted molar refractivity (Wildman–Crippen MR) is 71.8 cm³/mol. The van der Waals surface area contributed by atoms with E-state index in [1.807, 2.05) is 36.7 Å². The maximum Gasteiger partial charge on any atom is 0.213 e. The van der Waals surface area contributed by atoms with Crippen LogP contribution in [0.25, 0.3) is 0 Å². The van der Waals surface area contributed by atoms with Gasteiger partial charge in [-0.2, -0.15) is 0 Å². The van der Waals surface area contributed by atoms with Crippen LogP contribution in [-0.2, 0) is 12.3 Å². The molecular formula is C14H15ClN2O. The second-order valence-corrected chi connectivity index (χ2v) is 4.21. The van der Waals surface area contributed by atoms with Gasteiger partial charge < -0.3 is 4.74 Å². The van der Waals surface area contributed by atoms with Gasteiger partial charge in [-0.25, -0.2) is 4.98 Å². The smallest absolute Gasteiger partial charge is 0.213 e. The predicted octanol–water partition coefficient (Wildman–Crippen LogP) is 3.23. The summed E-state index contributed by atoms with van der Waals surface area (Å²) in [4.78, 5) is 8.16. The largest absolute Gasteiger partial charge is 0.478 e. The molecule has 2 rings (SSSR count). The van der Waals surface area contributed by atoms with Crippen LogP contribution in [0, 0.1) is 0 Å². The summed E-state index contributed by atoms with van der Waals surface area (Å²) in [6.07, 6.45) is 7.31. The summed E-state index contributed by atoms with van der Waals surface area (Å²) in [6, 6.07) is 7.82. The third-order valence-corrected chi connectivity index (χ3v) is 2.87. The number of pyridine rings is 2. The number of alkyl halides is 1. The Labute approximate surface area is 112 Å². The summed E-state index contributed by atoms with van der Waals surface area (Å²) in [6.45, 7) is 0.662. The van der Waals surface area contributed by atoms with Crippen LogP contribution in [-0.4, -0.2) is 16.6 Å². The molecule has 0 N–H and O–H groups in total. The van der Waals surface area contributed by atoms with Gasteiger partial charge in [-0.3, -0.25) is 4.98 Å². The Morgan fingerprint density at radius 2 is 1.89 bits per heavy atom. The van der Waals surface area contributed by atoms with Crippen molar-refractivity contribution in [1.29, 1.82) is 0 Å². The first-order valence-corrected chi connectivity index (χ1v) is 6.44. The molecule has 0 amide bonds. The lowest BCUT2D eigenvalue weighted by atomic mass is 10.1. The molecule has 0 aliphatic carbocycles. The highest BCUT2D eigenvalue weighted by molar-refractivity contribution is 6.17. The number of aromatic nitrogens is 2. The first-order valence-electron chi connectivity index (χ1n) is 5.91. The molecule has 0 aromatic carbocycles. The van der Waals surface area contributed by atoms with E-state index in [1.165, 1.54) is 5.56 Å². The van der Waals surface area contributed by atoms with Crippen molar-refractivity contribution in [2.24, 2.45) is 0 Å². The second kappa shape index (κ2) is 6.97. The Morgan fingerprint density at radius 1 is 1.06 bits per heavy atom. The zero-order valence-electron chi connectivity index (χ0n) is 10.1. The van der Waals surface area contributed by atoms with Gasteiger partial charge in [0.15, 0.2) is 0 Å². The fraction of sp³-hybridized carbons (Fsp3) is 0.286. The van der Waals surface area contributed by atoms with Crippen LogP contribution in [0.5, 0.6) is 5.88 Å². The first kappa shape index (κ1) is 12.8. The molecule has 0 aliphatic rings. The summed E-state index contributed by atoms with van der Waals surface area (Å²) in [5, 5.41) is 0. The van der Waals surface area contributed by atoms with Crippen molar-refractivity contribution in [2.45, 2.75) is 18.7 Å². The van der Waals surface area contributed by atoms with E-state index in [1.54, 1.807) is 6.20 Å². The second-order valence-electron chi connectivity index (χ2n) is 3.95. The molecule has 0 radical (unpaired) electrons. The average molecular weight is 263 g/mol. The molecule has 94 valence electrons. The fourth-order valence-corrected chi connectivity index (χ4v) is 1.74. The maximum atomic E-state index is 5.69. The number of rotatable bonds is 6. The highest BCUT2D eigenvalue weighted by atomic mass is 35.5. The first-order chi connectivity index (χ1) is 8.88. The van der Waals surface area contributed by atoms with Gasteiger partial charge in [-0.15, -0.1) is 11.6 Å². The third-order valence-electron chi connectivity index (χ3n) is 2.56. The van der Waals surface area contributed by atoms with Gasteiger partial charge in [0.25, 0.3) is 0 Å². The minimum atomic E-state index is 0.481. The van der Waals surface area contributed by atoms with Crippen LogP contribution in [0.1, 0.15) is 17.5 Å². The van der Waals surface area contributed by atoms with Crippen LogP contribution in [0.3, 0.4) is 0 Å². The molecule has 2 aromatic rings. The van der Waals surface area contributed by atoms with Crippen molar-refractivity contribution in [3.05, 3.63) is 54.0 Å². The van der Waals surface area contributed by atoms with Gasteiger partial charge in [-0.1, -0.05) is 6.07 Å². The number of hydrogen-bond donors (Lipinski definition) is 0. The highest BCUT2D eigenvalue weighted by Gasteiger charge is 1.97. The van der Waals surface area contributed by atoms with E-state index in [9.17, 15) is 0 Å². The molecule has 0 saturated heterocycles. The molecule has 0 fully saturated rings. The minimum absolute atomic E-state index is 0.481. The lowest BCUT2D eigenvalue weighted by Gasteiger charge is -2.05. The zero-order chi connectivity index (χ0) is 12.6. The van der Waals surface area contributed by atoms with Crippen molar-refractivity contribution in [3.8, 4) is 5.88 Å². The molecule has 0 spiro atoms. The van der Waals surface area contributed by atoms with Gasteiger partial charge in [0.1, 0.15) is 0 Å². The molecule has 0 unspecified atom stereocenters. The Hall–Kier alpha value is -1.61. The van der Waals surface area contributed by atoms with E-state index in [0.717, 1.165) is 18.4 Å². The van der Waals surface area contributed by atoms with Crippen LogP contribution < -0.4 is 4.74 Å². The number of ether oxygens (including phenoxy) is 1. The molecule has 0 aliphatic heterocycles. The van der Waals surface area contributed by atoms with E-state index in [-0.39, 0.29) is 0 Å². The van der Waals surface area contributed by atoms with Crippen molar-refractivity contribution >= 4 is 11.6 Å². The molecule has 18 heavy (non-hydrogen) atoms.